The van der Waals surface area contributed by atoms with Crippen LogP contribution in [0.2, 0.25) is 0 Å². The molecule has 1 amide bonds. The first-order chi connectivity index (χ1) is 4.72. The maximum Gasteiger partial charge on any atom is 0.330 e. The van der Waals surface area contributed by atoms with E-state index in [4.69, 9.17) is 5.11 Å². The Morgan fingerprint density at radius 2 is 2.18 bits per heavy atom. The average Bonchev–Trinajstić information content (AvgIpc) is 1.88. The second-order valence-corrected chi connectivity index (χ2v) is 2.02. The summed E-state index contributed by atoms with van der Waals surface area (Å²) >= 11 is 0. The van der Waals surface area contributed by atoms with Crippen molar-refractivity contribution in [3.05, 3.63) is 0 Å². The van der Waals surface area contributed by atoms with E-state index in [0.29, 0.717) is 13.1 Å². The minimum atomic E-state index is -1.13. The van der Waals surface area contributed by atoms with Gasteiger partial charge in [0.15, 0.2) is 6.04 Å². The second-order valence-electron chi connectivity index (χ2n) is 2.02. The van der Waals surface area contributed by atoms with Gasteiger partial charge in [-0.1, -0.05) is 0 Å². The normalized spacial score (nSPS) is 23.3. The van der Waals surface area contributed by atoms with Crippen LogP contribution >= 0.6 is 12.4 Å². The van der Waals surface area contributed by atoms with Crippen LogP contribution in [0.25, 0.3) is 0 Å². The third-order valence-corrected chi connectivity index (χ3v) is 1.28. The number of aliphatic carboxylic acids is 1. The molecule has 0 bridgehead atoms. The molecule has 1 fully saturated rings. The first-order valence-corrected chi connectivity index (χ1v) is 2.95. The number of hydrogen-bond donors (Lipinski definition) is 3. The van der Waals surface area contributed by atoms with Gasteiger partial charge in [-0.25, -0.2) is 4.79 Å². The van der Waals surface area contributed by atoms with E-state index in [2.05, 4.69) is 10.6 Å². The lowest BCUT2D eigenvalue weighted by atomic mass is 10.2. The monoisotopic (exact) mass is 180 g/mol. The van der Waals surface area contributed by atoms with Crippen molar-refractivity contribution in [2.45, 2.75) is 6.04 Å². The van der Waals surface area contributed by atoms with Gasteiger partial charge < -0.3 is 10.4 Å². The van der Waals surface area contributed by atoms with Crippen LogP contribution < -0.4 is 10.6 Å². The summed E-state index contributed by atoms with van der Waals surface area (Å²) in [7, 11) is 0. The molecular weight excluding hydrogens is 172 g/mol. The molecule has 1 rings (SSSR count). The van der Waals surface area contributed by atoms with Gasteiger partial charge in [-0.3, -0.25) is 10.1 Å². The molecule has 0 spiro atoms. The molecule has 6 heteroatoms. The van der Waals surface area contributed by atoms with Gasteiger partial charge in [0.1, 0.15) is 0 Å². The largest absolute Gasteiger partial charge is 0.480 e. The number of rotatable bonds is 1. The van der Waals surface area contributed by atoms with Gasteiger partial charge in [0, 0.05) is 13.1 Å². The van der Waals surface area contributed by atoms with Crippen molar-refractivity contribution in [3.8, 4) is 0 Å². The highest BCUT2D eigenvalue weighted by atomic mass is 35.5. The summed E-state index contributed by atoms with van der Waals surface area (Å²) in [5.41, 5.74) is 0. The summed E-state index contributed by atoms with van der Waals surface area (Å²) in [5.74, 6) is -1.59. The molecule has 0 saturated carbocycles. The van der Waals surface area contributed by atoms with E-state index in [1.165, 1.54) is 0 Å². The molecule has 1 unspecified atom stereocenters. The Morgan fingerprint density at radius 3 is 2.55 bits per heavy atom. The molecule has 0 aromatic carbocycles. The maximum absolute atomic E-state index is 10.7. The zero-order valence-corrected chi connectivity index (χ0v) is 6.48. The van der Waals surface area contributed by atoms with Gasteiger partial charge in [-0.15, -0.1) is 12.4 Å². The minimum Gasteiger partial charge on any atom is -0.480 e. The van der Waals surface area contributed by atoms with Crippen molar-refractivity contribution in [2.75, 3.05) is 13.1 Å². The predicted molar refractivity (Wildman–Crippen MR) is 39.7 cm³/mol. The van der Waals surface area contributed by atoms with Crippen LogP contribution in [0.3, 0.4) is 0 Å². The highest BCUT2D eigenvalue weighted by Gasteiger charge is 2.27. The molecule has 0 radical (unpaired) electrons. The van der Waals surface area contributed by atoms with Crippen LogP contribution in [0, 0.1) is 0 Å². The van der Waals surface area contributed by atoms with Gasteiger partial charge in [0.2, 0.25) is 5.91 Å². The van der Waals surface area contributed by atoms with Crippen molar-refractivity contribution in [3.63, 3.8) is 0 Å². The lowest BCUT2D eigenvalue weighted by Crippen LogP contribution is -2.56. The number of amides is 1. The van der Waals surface area contributed by atoms with Crippen LogP contribution in [0.15, 0.2) is 0 Å². The van der Waals surface area contributed by atoms with E-state index in [1.807, 2.05) is 0 Å². The number of carbonyl (C=O) groups is 2. The van der Waals surface area contributed by atoms with Gasteiger partial charge >= 0.3 is 5.97 Å². The number of nitrogens with one attached hydrogen (secondary N) is 2. The van der Waals surface area contributed by atoms with Crippen molar-refractivity contribution in [2.24, 2.45) is 0 Å². The molecule has 0 aromatic heterocycles. The highest BCUT2D eigenvalue weighted by Crippen LogP contribution is 1.87. The van der Waals surface area contributed by atoms with E-state index in [0.717, 1.165) is 0 Å². The quantitative estimate of drug-likeness (QED) is 0.433. The molecule has 64 valence electrons. The Morgan fingerprint density at radius 1 is 1.55 bits per heavy atom. The smallest absolute Gasteiger partial charge is 0.330 e. The fourth-order valence-corrected chi connectivity index (χ4v) is 0.796. The minimum absolute atomic E-state index is 0. The summed E-state index contributed by atoms with van der Waals surface area (Å²) in [6.07, 6.45) is 0. The van der Waals surface area contributed by atoms with Crippen LogP contribution in [-0.2, 0) is 9.59 Å². The van der Waals surface area contributed by atoms with E-state index in [-0.39, 0.29) is 12.4 Å². The Hall–Kier alpha value is -0.810. The summed E-state index contributed by atoms with van der Waals surface area (Å²) in [4.78, 5) is 20.9. The Balaban J connectivity index is 0.000001000. The summed E-state index contributed by atoms with van der Waals surface area (Å²) in [6, 6.07) is -1.06. The number of piperazine rings is 1. The summed E-state index contributed by atoms with van der Waals surface area (Å²) in [5, 5.41) is 13.4. The fraction of sp³-hybridized carbons (Fsp3) is 0.600. The molecule has 5 nitrogen and oxygen atoms in total. The van der Waals surface area contributed by atoms with E-state index in [9.17, 15) is 9.59 Å². The summed E-state index contributed by atoms with van der Waals surface area (Å²) < 4.78 is 0. The van der Waals surface area contributed by atoms with Crippen LogP contribution in [0.1, 0.15) is 0 Å². The van der Waals surface area contributed by atoms with Gasteiger partial charge in [-0.05, 0) is 0 Å². The third-order valence-electron chi connectivity index (χ3n) is 1.28. The van der Waals surface area contributed by atoms with E-state index in [1.54, 1.807) is 0 Å². The van der Waals surface area contributed by atoms with Crippen LogP contribution in [0.5, 0.6) is 0 Å². The number of hydrogen-bond acceptors (Lipinski definition) is 3. The lowest BCUT2D eigenvalue weighted by Gasteiger charge is -2.19. The maximum atomic E-state index is 10.7. The standard InChI is InChI=1S/C5H8N2O3.ClH/c8-4-3(5(9)10)6-1-2-7-4;/h3,6H,1-2H2,(H,7,8)(H,9,10);1H. The number of carboxylic acid groups (broad SMARTS) is 1. The Bertz CT molecular complexity index is 173. The van der Waals surface area contributed by atoms with E-state index < -0.39 is 17.9 Å². The molecule has 11 heavy (non-hydrogen) atoms. The topological polar surface area (TPSA) is 78.4 Å². The molecule has 1 atom stereocenters. The average molecular weight is 181 g/mol. The van der Waals surface area contributed by atoms with Crippen molar-refractivity contribution in [1.82, 2.24) is 10.6 Å². The molecule has 0 aromatic rings. The molecule has 1 heterocycles. The van der Waals surface area contributed by atoms with Crippen LogP contribution in [-0.4, -0.2) is 36.1 Å². The number of halogens is 1. The first-order valence-electron chi connectivity index (χ1n) is 2.95. The van der Waals surface area contributed by atoms with Crippen molar-refractivity contribution < 1.29 is 14.7 Å². The zero-order chi connectivity index (χ0) is 7.56. The van der Waals surface area contributed by atoms with Gasteiger partial charge in [-0.2, -0.15) is 0 Å². The fourth-order valence-electron chi connectivity index (χ4n) is 0.796. The Kier molecular flexibility index (Phi) is 3.84. The zero-order valence-electron chi connectivity index (χ0n) is 5.66. The van der Waals surface area contributed by atoms with E-state index >= 15 is 0 Å². The molecule has 1 saturated heterocycles. The second kappa shape index (κ2) is 4.15. The van der Waals surface area contributed by atoms with Gasteiger partial charge in [0.05, 0.1) is 0 Å². The van der Waals surface area contributed by atoms with Crippen molar-refractivity contribution >= 4 is 24.3 Å². The molecule has 0 aliphatic carbocycles. The lowest BCUT2D eigenvalue weighted by molar-refractivity contribution is -0.144. The molecule has 1 aliphatic rings. The number of carbonyl (C=O) groups excluding carboxylic acids is 1. The Labute approximate surface area is 69.6 Å². The molecule has 1 aliphatic heterocycles. The number of carboxylic acids is 1. The third kappa shape index (κ3) is 2.36. The first kappa shape index (κ1) is 10.2. The predicted octanol–water partition coefficient (Wildman–Crippen LogP) is -1.42. The van der Waals surface area contributed by atoms with Crippen molar-refractivity contribution in [1.29, 1.82) is 0 Å². The van der Waals surface area contributed by atoms with Gasteiger partial charge in [0.25, 0.3) is 0 Å². The molecular formula is C5H9ClN2O3. The SMILES string of the molecule is Cl.O=C(O)C1NCCNC1=O. The highest BCUT2D eigenvalue weighted by molar-refractivity contribution is 6.01. The summed E-state index contributed by atoms with van der Waals surface area (Å²) in [6.45, 7) is 1.02. The van der Waals surface area contributed by atoms with Crippen LogP contribution in [0.4, 0.5) is 0 Å². The molecule has 3 N–H and O–H groups in total.